The molecular formula is C21H21N5O2. The van der Waals surface area contributed by atoms with Crippen LogP contribution in [0.2, 0.25) is 0 Å². The van der Waals surface area contributed by atoms with Crippen LogP contribution < -0.4 is 4.74 Å². The third-order valence-corrected chi connectivity index (χ3v) is 5.54. The number of imidazole rings is 1. The first-order valence-corrected chi connectivity index (χ1v) is 9.46. The Bertz CT molecular complexity index is 1150. The van der Waals surface area contributed by atoms with Gasteiger partial charge in [-0.25, -0.2) is 9.97 Å². The van der Waals surface area contributed by atoms with Gasteiger partial charge in [0, 0.05) is 36.2 Å². The Morgan fingerprint density at radius 2 is 2.04 bits per heavy atom. The number of nitrogens with zero attached hydrogens (tertiary/aromatic N) is 4. The zero-order chi connectivity index (χ0) is 19.1. The van der Waals surface area contributed by atoms with Crippen molar-refractivity contribution in [2.75, 3.05) is 20.2 Å². The summed E-state index contributed by atoms with van der Waals surface area (Å²) in [4.78, 5) is 27.0. The van der Waals surface area contributed by atoms with E-state index in [-0.39, 0.29) is 5.91 Å². The van der Waals surface area contributed by atoms with E-state index in [0.717, 1.165) is 40.7 Å². The largest absolute Gasteiger partial charge is 0.497 e. The number of rotatable bonds is 3. The molecule has 0 atom stereocenters. The lowest BCUT2D eigenvalue weighted by atomic mass is 10.0. The van der Waals surface area contributed by atoms with Gasteiger partial charge in [0.15, 0.2) is 5.65 Å². The van der Waals surface area contributed by atoms with Crippen LogP contribution in [-0.2, 0) is 0 Å². The van der Waals surface area contributed by atoms with Gasteiger partial charge in [-0.15, -0.1) is 0 Å². The van der Waals surface area contributed by atoms with Gasteiger partial charge in [0.2, 0.25) is 0 Å². The molecule has 1 amide bonds. The number of hydrogen-bond donors (Lipinski definition) is 1. The van der Waals surface area contributed by atoms with Gasteiger partial charge in [-0.1, -0.05) is 0 Å². The lowest BCUT2D eigenvalue weighted by molar-refractivity contribution is 0.0691. The maximum Gasteiger partial charge on any atom is 0.270 e. The van der Waals surface area contributed by atoms with E-state index in [1.807, 2.05) is 47.6 Å². The fourth-order valence-corrected chi connectivity index (χ4v) is 4.00. The fraction of sp³-hybridized carbons (Fsp3) is 0.286. The quantitative estimate of drug-likeness (QED) is 0.595. The first kappa shape index (κ1) is 16.8. The summed E-state index contributed by atoms with van der Waals surface area (Å²) in [5.74, 6) is 0.828. The molecule has 1 saturated heterocycles. The molecule has 0 saturated carbocycles. The second-order valence-corrected chi connectivity index (χ2v) is 7.16. The fourth-order valence-electron chi connectivity index (χ4n) is 4.00. The highest BCUT2D eigenvalue weighted by Crippen LogP contribution is 2.27. The van der Waals surface area contributed by atoms with E-state index in [0.29, 0.717) is 24.8 Å². The number of benzene rings is 1. The number of aromatic nitrogens is 4. The Labute approximate surface area is 162 Å². The molecule has 1 aliphatic heterocycles. The van der Waals surface area contributed by atoms with Crippen LogP contribution in [0.15, 0.2) is 48.9 Å². The number of carbonyl (C=O) groups excluding carboxylic acids is 1. The van der Waals surface area contributed by atoms with E-state index >= 15 is 0 Å². The molecule has 142 valence electrons. The summed E-state index contributed by atoms with van der Waals surface area (Å²) < 4.78 is 7.41. The van der Waals surface area contributed by atoms with Crippen LogP contribution in [0.1, 0.15) is 29.4 Å². The number of ether oxygens (including phenoxy) is 1. The van der Waals surface area contributed by atoms with Gasteiger partial charge in [0.05, 0.1) is 13.4 Å². The molecule has 3 aromatic heterocycles. The minimum Gasteiger partial charge on any atom is -0.497 e. The molecule has 7 heteroatoms. The molecule has 5 rings (SSSR count). The highest BCUT2D eigenvalue weighted by atomic mass is 16.5. The molecule has 7 nitrogen and oxygen atoms in total. The summed E-state index contributed by atoms with van der Waals surface area (Å²) in [6.07, 6.45) is 5.44. The van der Waals surface area contributed by atoms with Crippen LogP contribution in [0.4, 0.5) is 0 Å². The molecule has 28 heavy (non-hydrogen) atoms. The average Bonchev–Trinajstić information content (AvgIpc) is 3.37. The number of fused-ring (bicyclic) bond motifs is 2. The highest BCUT2D eigenvalue weighted by Gasteiger charge is 2.26. The van der Waals surface area contributed by atoms with Crippen molar-refractivity contribution < 1.29 is 9.53 Å². The average molecular weight is 375 g/mol. The number of piperidine rings is 1. The number of carbonyl (C=O) groups is 1. The van der Waals surface area contributed by atoms with E-state index in [4.69, 9.17) is 4.74 Å². The molecule has 4 aromatic rings. The minimum absolute atomic E-state index is 0.0437. The zero-order valence-corrected chi connectivity index (χ0v) is 15.6. The smallest absolute Gasteiger partial charge is 0.270 e. The topological polar surface area (TPSA) is 76.0 Å². The summed E-state index contributed by atoms with van der Waals surface area (Å²) in [7, 11) is 1.64. The molecule has 0 aliphatic carbocycles. The SMILES string of the molecule is COc1ccc2[nH]c(C(=O)N3CCC(n4cnc5cccnc54)CC3)cc2c1. The van der Waals surface area contributed by atoms with E-state index in [2.05, 4.69) is 19.5 Å². The number of aromatic amines is 1. The lowest BCUT2D eigenvalue weighted by Gasteiger charge is -2.32. The Kier molecular flexibility index (Phi) is 4.00. The Balaban J connectivity index is 1.32. The second kappa shape index (κ2) is 6.67. The van der Waals surface area contributed by atoms with Crippen LogP contribution in [-0.4, -0.2) is 50.5 Å². The zero-order valence-electron chi connectivity index (χ0n) is 15.6. The first-order valence-electron chi connectivity index (χ1n) is 9.46. The summed E-state index contributed by atoms with van der Waals surface area (Å²) in [5, 5.41) is 0.980. The lowest BCUT2D eigenvalue weighted by Crippen LogP contribution is -2.39. The standard InChI is InChI=1S/C21H21N5O2/c1-28-16-4-5-17-14(11-16)12-19(24-17)21(27)25-9-6-15(7-10-25)26-13-23-18-3-2-8-22-20(18)26/h2-5,8,11-13,15,24H,6-7,9-10H2,1H3. The van der Waals surface area contributed by atoms with E-state index in [1.54, 1.807) is 13.3 Å². The summed E-state index contributed by atoms with van der Waals surface area (Å²) >= 11 is 0. The van der Waals surface area contributed by atoms with Crippen LogP contribution in [0.5, 0.6) is 5.75 Å². The van der Waals surface area contributed by atoms with Crippen LogP contribution in [0.25, 0.3) is 22.1 Å². The van der Waals surface area contributed by atoms with Crippen LogP contribution >= 0.6 is 0 Å². The highest BCUT2D eigenvalue weighted by molar-refractivity contribution is 5.98. The molecule has 4 heterocycles. The van der Waals surface area contributed by atoms with Gasteiger partial charge in [0.25, 0.3) is 5.91 Å². The number of H-pyrrole nitrogens is 1. The van der Waals surface area contributed by atoms with Crippen molar-refractivity contribution in [1.29, 1.82) is 0 Å². The Morgan fingerprint density at radius 3 is 2.86 bits per heavy atom. The maximum absolute atomic E-state index is 13.0. The first-order chi connectivity index (χ1) is 13.7. The molecule has 1 fully saturated rings. The van der Waals surface area contributed by atoms with E-state index < -0.39 is 0 Å². The third kappa shape index (κ3) is 2.79. The number of amides is 1. The summed E-state index contributed by atoms with van der Waals surface area (Å²) in [6.45, 7) is 1.43. The molecule has 0 unspecified atom stereocenters. The van der Waals surface area contributed by atoms with Gasteiger partial charge in [-0.05, 0) is 49.2 Å². The van der Waals surface area contributed by atoms with E-state index in [9.17, 15) is 4.79 Å². The molecular weight excluding hydrogens is 354 g/mol. The van der Waals surface area contributed by atoms with Crippen molar-refractivity contribution in [3.63, 3.8) is 0 Å². The molecule has 0 spiro atoms. The molecule has 1 N–H and O–H groups in total. The third-order valence-electron chi connectivity index (χ3n) is 5.54. The van der Waals surface area contributed by atoms with Crippen LogP contribution in [0, 0.1) is 0 Å². The monoisotopic (exact) mass is 375 g/mol. The van der Waals surface area contributed by atoms with E-state index in [1.165, 1.54) is 0 Å². The maximum atomic E-state index is 13.0. The van der Waals surface area contributed by atoms with Gasteiger partial charge < -0.3 is 19.2 Å². The molecule has 0 radical (unpaired) electrons. The Hall–Kier alpha value is -3.35. The van der Waals surface area contributed by atoms with Crippen molar-refractivity contribution in [3.8, 4) is 5.75 Å². The minimum atomic E-state index is 0.0437. The van der Waals surface area contributed by atoms with Gasteiger partial charge in [-0.2, -0.15) is 0 Å². The molecule has 1 aromatic carbocycles. The number of likely N-dealkylation sites (tertiary alicyclic amines) is 1. The molecule has 0 bridgehead atoms. The normalized spacial score (nSPS) is 15.4. The van der Waals surface area contributed by atoms with Crippen molar-refractivity contribution in [1.82, 2.24) is 24.4 Å². The number of methoxy groups -OCH3 is 1. The van der Waals surface area contributed by atoms with Crippen molar-refractivity contribution >= 4 is 28.0 Å². The molecule has 1 aliphatic rings. The number of nitrogens with one attached hydrogen (secondary N) is 1. The van der Waals surface area contributed by atoms with Gasteiger partial charge >= 0.3 is 0 Å². The predicted molar refractivity (Wildman–Crippen MR) is 107 cm³/mol. The van der Waals surface area contributed by atoms with Crippen molar-refractivity contribution in [3.05, 3.63) is 54.6 Å². The second-order valence-electron chi connectivity index (χ2n) is 7.16. The van der Waals surface area contributed by atoms with Crippen molar-refractivity contribution in [2.24, 2.45) is 0 Å². The van der Waals surface area contributed by atoms with Gasteiger partial charge in [0.1, 0.15) is 17.0 Å². The van der Waals surface area contributed by atoms with Crippen molar-refractivity contribution in [2.45, 2.75) is 18.9 Å². The number of pyridine rings is 1. The Morgan fingerprint density at radius 1 is 1.18 bits per heavy atom. The summed E-state index contributed by atoms with van der Waals surface area (Å²) in [5.41, 5.74) is 3.39. The van der Waals surface area contributed by atoms with Crippen LogP contribution in [0.3, 0.4) is 0 Å². The predicted octanol–water partition coefficient (Wildman–Crippen LogP) is 3.40. The van der Waals surface area contributed by atoms with Gasteiger partial charge in [-0.3, -0.25) is 4.79 Å². The number of hydrogen-bond acceptors (Lipinski definition) is 4. The summed E-state index contributed by atoms with van der Waals surface area (Å²) in [6, 6.07) is 11.9.